The van der Waals surface area contributed by atoms with Gasteiger partial charge in [-0.05, 0) is 42.5 Å². The fraction of sp³-hybridized carbons (Fsp3) is 0.0500. The van der Waals surface area contributed by atoms with Gasteiger partial charge >= 0.3 is 0 Å². The van der Waals surface area contributed by atoms with Gasteiger partial charge in [0.2, 0.25) is 0 Å². The van der Waals surface area contributed by atoms with Crippen molar-refractivity contribution in [1.29, 1.82) is 0 Å². The van der Waals surface area contributed by atoms with Crippen LogP contribution in [-0.2, 0) is 9.84 Å². The molecule has 1 amide bonds. The van der Waals surface area contributed by atoms with Crippen molar-refractivity contribution in [3.05, 3.63) is 82.3 Å². The first-order chi connectivity index (χ1) is 13.3. The van der Waals surface area contributed by atoms with Crippen molar-refractivity contribution < 1.29 is 17.9 Å². The molecule has 0 aromatic heterocycles. The van der Waals surface area contributed by atoms with E-state index in [1.165, 1.54) is 18.2 Å². The first-order valence-electron chi connectivity index (χ1n) is 8.08. The van der Waals surface area contributed by atoms with Crippen LogP contribution >= 0.6 is 23.2 Å². The smallest absolute Gasteiger partial charge is 0.255 e. The molecule has 0 radical (unpaired) electrons. The maximum absolute atomic E-state index is 12.6. The van der Waals surface area contributed by atoms with Crippen molar-refractivity contribution in [3.8, 4) is 11.5 Å². The Bertz CT molecular complexity index is 1150. The molecular weight excluding hydrogens is 421 g/mol. The van der Waals surface area contributed by atoms with Crippen LogP contribution in [0.5, 0.6) is 11.5 Å². The summed E-state index contributed by atoms with van der Waals surface area (Å²) in [4.78, 5) is 12.5. The molecular formula is C20H15Cl2NO4S. The summed E-state index contributed by atoms with van der Waals surface area (Å²) in [5.41, 5.74) is 0.556. The molecule has 5 nitrogen and oxygen atoms in total. The third kappa shape index (κ3) is 4.65. The van der Waals surface area contributed by atoms with E-state index in [1.807, 2.05) is 0 Å². The van der Waals surface area contributed by atoms with Crippen LogP contribution in [0, 0.1) is 0 Å². The minimum atomic E-state index is -3.57. The number of halogens is 2. The first-order valence-corrected chi connectivity index (χ1v) is 10.7. The number of benzene rings is 3. The Kier molecular flexibility index (Phi) is 5.93. The predicted molar refractivity (Wildman–Crippen MR) is 110 cm³/mol. The summed E-state index contributed by atoms with van der Waals surface area (Å²) < 4.78 is 29.5. The monoisotopic (exact) mass is 435 g/mol. The largest absolute Gasteiger partial charge is 0.454 e. The fourth-order valence-electron chi connectivity index (χ4n) is 2.43. The van der Waals surface area contributed by atoms with Gasteiger partial charge in [0.25, 0.3) is 5.91 Å². The van der Waals surface area contributed by atoms with E-state index in [-0.39, 0.29) is 15.5 Å². The number of amides is 1. The Morgan fingerprint density at radius 1 is 0.893 bits per heavy atom. The van der Waals surface area contributed by atoms with Gasteiger partial charge in [-0.15, -0.1) is 0 Å². The molecule has 0 bridgehead atoms. The van der Waals surface area contributed by atoms with Gasteiger partial charge in [0.15, 0.2) is 15.6 Å². The summed E-state index contributed by atoms with van der Waals surface area (Å²) in [6.07, 6.45) is 1.03. The number of sulfone groups is 1. The summed E-state index contributed by atoms with van der Waals surface area (Å²) in [7, 11) is -3.57. The molecule has 3 rings (SSSR count). The van der Waals surface area contributed by atoms with Gasteiger partial charge < -0.3 is 10.1 Å². The maximum atomic E-state index is 12.6. The molecule has 0 spiro atoms. The number of anilines is 1. The van der Waals surface area contributed by atoms with E-state index in [4.69, 9.17) is 27.9 Å². The topological polar surface area (TPSA) is 72.5 Å². The summed E-state index contributed by atoms with van der Waals surface area (Å²) in [5, 5.41) is 3.21. The van der Waals surface area contributed by atoms with Gasteiger partial charge in [0, 0.05) is 11.8 Å². The normalized spacial score (nSPS) is 11.1. The number of para-hydroxylation sites is 3. The third-order valence-electron chi connectivity index (χ3n) is 3.78. The molecule has 0 aliphatic rings. The lowest BCUT2D eigenvalue weighted by atomic mass is 10.2. The third-order valence-corrected chi connectivity index (χ3v) is 5.68. The van der Waals surface area contributed by atoms with Gasteiger partial charge in [-0.25, -0.2) is 8.42 Å². The Labute approximate surface area is 172 Å². The van der Waals surface area contributed by atoms with E-state index in [0.29, 0.717) is 22.2 Å². The Balaban J connectivity index is 1.89. The first kappa shape index (κ1) is 20.2. The van der Waals surface area contributed by atoms with Crippen LogP contribution in [0.2, 0.25) is 10.0 Å². The van der Waals surface area contributed by atoms with E-state index < -0.39 is 15.7 Å². The second-order valence-electron chi connectivity index (χ2n) is 5.90. The molecule has 144 valence electrons. The van der Waals surface area contributed by atoms with E-state index in [0.717, 1.165) is 6.26 Å². The molecule has 28 heavy (non-hydrogen) atoms. The molecule has 0 aliphatic heterocycles. The summed E-state index contributed by atoms with van der Waals surface area (Å²) in [6, 6.07) is 17.9. The average molecular weight is 436 g/mol. The molecule has 3 aromatic carbocycles. The molecule has 1 N–H and O–H groups in total. The standard InChI is InChI=1S/C20H15Cl2NO4S/c1-28(25,26)19-12-13(10-11-15(19)22)20(24)23-16-7-3-5-9-18(16)27-17-8-4-2-6-14(17)21/h2-12H,1H3,(H,23,24). The lowest BCUT2D eigenvalue weighted by Gasteiger charge is -2.13. The minimum Gasteiger partial charge on any atom is -0.454 e. The van der Waals surface area contributed by atoms with E-state index in [9.17, 15) is 13.2 Å². The van der Waals surface area contributed by atoms with Crippen molar-refractivity contribution in [2.24, 2.45) is 0 Å². The van der Waals surface area contributed by atoms with Crippen LogP contribution < -0.4 is 10.1 Å². The molecule has 0 atom stereocenters. The Morgan fingerprint density at radius 2 is 1.54 bits per heavy atom. The van der Waals surface area contributed by atoms with Gasteiger partial charge in [-0.2, -0.15) is 0 Å². The highest BCUT2D eigenvalue weighted by molar-refractivity contribution is 7.90. The molecule has 0 unspecified atom stereocenters. The van der Waals surface area contributed by atoms with Gasteiger partial charge in [0.05, 0.1) is 20.6 Å². The zero-order valence-corrected chi connectivity index (χ0v) is 17.0. The van der Waals surface area contributed by atoms with Crippen LogP contribution in [0.15, 0.2) is 71.6 Å². The van der Waals surface area contributed by atoms with Crippen molar-refractivity contribution in [1.82, 2.24) is 0 Å². The number of carbonyl (C=O) groups is 1. The second-order valence-corrected chi connectivity index (χ2v) is 8.70. The highest BCUT2D eigenvalue weighted by atomic mass is 35.5. The quantitative estimate of drug-likeness (QED) is 0.578. The Morgan fingerprint density at radius 3 is 2.21 bits per heavy atom. The number of rotatable bonds is 5. The van der Waals surface area contributed by atoms with E-state index in [1.54, 1.807) is 48.5 Å². The lowest BCUT2D eigenvalue weighted by molar-refractivity contribution is 0.102. The molecule has 8 heteroatoms. The number of carbonyl (C=O) groups excluding carboxylic acids is 1. The van der Waals surface area contributed by atoms with Crippen molar-refractivity contribution in [2.45, 2.75) is 4.90 Å². The van der Waals surface area contributed by atoms with E-state index in [2.05, 4.69) is 5.32 Å². The number of nitrogens with one attached hydrogen (secondary N) is 1. The highest BCUT2D eigenvalue weighted by Crippen LogP contribution is 2.33. The average Bonchev–Trinajstić information content (AvgIpc) is 2.64. The summed E-state index contributed by atoms with van der Waals surface area (Å²) in [6.45, 7) is 0. The van der Waals surface area contributed by atoms with Crippen LogP contribution in [0.25, 0.3) is 0 Å². The SMILES string of the molecule is CS(=O)(=O)c1cc(C(=O)Nc2ccccc2Oc2ccccc2Cl)ccc1Cl. The number of hydrogen-bond acceptors (Lipinski definition) is 4. The van der Waals surface area contributed by atoms with Crippen LogP contribution in [0.1, 0.15) is 10.4 Å². The van der Waals surface area contributed by atoms with Crippen LogP contribution in [0.3, 0.4) is 0 Å². The zero-order valence-electron chi connectivity index (χ0n) is 14.6. The summed E-state index contributed by atoms with van der Waals surface area (Å²) in [5.74, 6) is 0.328. The van der Waals surface area contributed by atoms with Gasteiger partial charge in [-0.3, -0.25) is 4.79 Å². The maximum Gasteiger partial charge on any atom is 0.255 e. The Hall–Kier alpha value is -2.54. The fourth-order valence-corrected chi connectivity index (χ4v) is 3.90. The number of hydrogen-bond donors (Lipinski definition) is 1. The highest BCUT2D eigenvalue weighted by Gasteiger charge is 2.17. The minimum absolute atomic E-state index is 0.0569. The molecule has 0 saturated carbocycles. The molecule has 0 fully saturated rings. The lowest BCUT2D eigenvalue weighted by Crippen LogP contribution is -2.13. The zero-order chi connectivity index (χ0) is 20.3. The van der Waals surface area contributed by atoms with Crippen molar-refractivity contribution >= 4 is 44.6 Å². The number of ether oxygens (including phenoxy) is 1. The van der Waals surface area contributed by atoms with Crippen molar-refractivity contribution in [2.75, 3.05) is 11.6 Å². The summed E-state index contributed by atoms with van der Waals surface area (Å²) >= 11 is 12.1. The molecule has 3 aromatic rings. The van der Waals surface area contributed by atoms with E-state index >= 15 is 0 Å². The molecule has 0 aliphatic carbocycles. The van der Waals surface area contributed by atoms with Crippen LogP contribution in [0.4, 0.5) is 5.69 Å². The van der Waals surface area contributed by atoms with Crippen molar-refractivity contribution in [3.63, 3.8) is 0 Å². The van der Waals surface area contributed by atoms with Gasteiger partial charge in [-0.1, -0.05) is 47.5 Å². The molecule has 0 heterocycles. The predicted octanol–water partition coefficient (Wildman–Crippen LogP) is 5.44. The van der Waals surface area contributed by atoms with Gasteiger partial charge in [0.1, 0.15) is 5.75 Å². The van der Waals surface area contributed by atoms with Crippen LogP contribution in [-0.4, -0.2) is 20.6 Å². The second kappa shape index (κ2) is 8.22. The molecule has 0 saturated heterocycles.